The van der Waals surface area contributed by atoms with Crippen LogP contribution in [0.1, 0.15) is 0 Å². The van der Waals surface area contributed by atoms with Crippen molar-refractivity contribution in [2.75, 3.05) is 0 Å². The molecule has 3 heteroatoms. The average molecular weight is 255 g/mol. The van der Waals surface area contributed by atoms with Crippen LogP contribution in [0.15, 0.2) is 0 Å². The highest BCUT2D eigenvalue weighted by Gasteiger charge is 1.77. The fourth-order valence-corrected chi connectivity index (χ4v) is 0. The van der Waals surface area contributed by atoms with E-state index in [0.29, 0.717) is 0 Å². The first kappa shape index (κ1) is 5.50. The van der Waals surface area contributed by atoms with Crippen LogP contribution in [-0.4, -0.2) is 2.29 Å². The molecule has 0 aromatic heterocycles. The van der Waals surface area contributed by atoms with Gasteiger partial charge in [0.15, 0.2) is 0 Å². The highest BCUT2D eigenvalue weighted by molar-refractivity contribution is 14.1. The maximum absolute atomic E-state index is 5.18. The predicted molar refractivity (Wildman–Crippen MR) is 32.6 cm³/mol. The normalized spacial score (nSPS) is 15.8. The van der Waals surface area contributed by atoms with Crippen LogP contribution in [0, 0.1) is 0 Å². The van der Waals surface area contributed by atoms with Crippen LogP contribution in [0.25, 0.3) is 0 Å². The van der Waals surface area contributed by atoms with Crippen molar-refractivity contribution in [2.24, 2.45) is 0 Å². The zero-order chi connectivity index (χ0) is 3.58. The Kier molecular flexibility index (Phi) is 3.74. The zero-order valence-electron chi connectivity index (χ0n) is 1.71. The molecule has 0 aromatic carbocycles. The third kappa shape index (κ3) is 9.72. The topological polar surface area (TPSA) is 0 Å². The highest BCUT2D eigenvalue weighted by atomic mass is 127. The van der Waals surface area contributed by atoms with Gasteiger partial charge in [0.2, 0.25) is 0 Å². The van der Waals surface area contributed by atoms with Gasteiger partial charge in [0, 0.05) is 0 Å². The first-order valence-corrected chi connectivity index (χ1v) is 3.25. The number of halogens is 3. The maximum Gasteiger partial charge on any atom is 0.139 e. The Bertz CT molecular complexity index is 12.8. The zero-order valence-corrected chi connectivity index (χ0v) is 6.21. The minimum Gasteiger partial charge on any atom is -0.0987 e. The van der Waals surface area contributed by atoms with Crippen molar-refractivity contribution in [3.63, 3.8) is 0 Å². The summed E-state index contributed by atoms with van der Waals surface area (Å²) in [5, 5.41) is 0. The Morgan fingerprint density at radius 2 is 2.00 bits per heavy atom. The SMILES string of the molecule is Cl[C@H](Br)I. The van der Waals surface area contributed by atoms with E-state index in [1.165, 1.54) is 0 Å². The molecule has 0 bridgehead atoms. The molecule has 0 unspecified atom stereocenters. The van der Waals surface area contributed by atoms with E-state index >= 15 is 0 Å². The number of alkyl halides is 3. The van der Waals surface area contributed by atoms with Gasteiger partial charge < -0.3 is 0 Å². The van der Waals surface area contributed by atoms with Gasteiger partial charge in [0.1, 0.15) is 2.29 Å². The van der Waals surface area contributed by atoms with E-state index in [2.05, 4.69) is 15.9 Å². The monoisotopic (exact) mass is 254 g/mol. The number of hydrogen-bond acceptors (Lipinski definition) is 0. The molecule has 26 valence electrons. The smallest absolute Gasteiger partial charge is 0.0987 e. The van der Waals surface area contributed by atoms with E-state index in [4.69, 9.17) is 11.6 Å². The molecule has 0 saturated heterocycles. The van der Waals surface area contributed by atoms with Gasteiger partial charge in [-0.1, -0.05) is 50.1 Å². The lowest BCUT2D eigenvalue weighted by atomic mass is 11.9. The molecule has 0 aliphatic carbocycles. The molecular weight excluding hydrogens is 254 g/mol. The molecule has 0 aromatic rings. The van der Waals surface area contributed by atoms with Crippen molar-refractivity contribution in [1.29, 1.82) is 0 Å². The van der Waals surface area contributed by atoms with Crippen molar-refractivity contribution in [3.05, 3.63) is 0 Å². The summed E-state index contributed by atoms with van der Waals surface area (Å²) < 4.78 is 0.0881. The first-order chi connectivity index (χ1) is 1.73. The van der Waals surface area contributed by atoms with Crippen LogP contribution in [0.3, 0.4) is 0 Å². The lowest BCUT2D eigenvalue weighted by molar-refractivity contribution is 2.22. The molecular formula is CHBrClI. The summed E-state index contributed by atoms with van der Waals surface area (Å²) in [5.74, 6) is 0. The summed E-state index contributed by atoms with van der Waals surface area (Å²) in [7, 11) is 0. The van der Waals surface area contributed by atoms with E-state index in [1.807, 2.05) is 22.6 Å². The second-order valence-corrected chi connectivity index (χ2v) is 5.82. The molecule has 0 aliphatic heterocycles. The Morgan fingerprint density at radius 3 is 2.00 bits per heavy atom. The van der Waals surface area contributed by atoms with E-state index < -0.39 is 0 Å². The molecule has 0 spiro atoms. The van der Waals surface area contributed by atoms with Crippen molar-refractivity contribution in [3.8, 4) is 0 Å². The molecule has 0 radical (unpaired) electrons. The van der Waals surface area contributed by atoms with Gasteiger partial charge in [0.25, 0.3) is 0 Å². The Balaban J connectivity index is 2.32. The van der Waals surface area contributed by atoms with E-state index in [9.17, 15) is 0 Å². The fraction of sp³-hybridized carbons (Fsp3) is 1.00. The Hall–Kier alpha value is 1.50. The van der Waals surface area contributed by atoms with Gasteiger partial charge in [-0.05, 0) is 0 Å². The van der Waals surface area contributed by atoms with Crippen molar-refractivity contribution in [2.45, 2.75) is 2.29 Å². The van der Waals surface area contributed by atoms with E-state index in [0.717, 1.165) is 0 Å². The van der Waals surface area contributed by atoms with Gasteiger partial charge in [-0.15, -0.1) is 0 Å². The van der Waals surface area contributed by atoms with Gasteiger partial charge in [-0.2, -0.15) is 0 Å². The first-order valence-electron chi connectivity index (χ1n) is 0.655. The molecule has 0 saturated carbocycles. The fourth-order valence-electron chi connectivity index (χ4n) is 0. The minimum atomic E-state index is 0.0881. The van der Waals surface area contributed by atoms with Crippen LogP contribution >= 0.6 is 50.1 Å². The van der Waals surface area contributed by atoms with E-state index in [-0.39, 0.29) is 2.29 Å². The standard InChI is InChI=1S/CHBrClI/c2-1(3)4/h1H/t1-/m0/s1. The van der Waals surface area contributed by atoms with Gasteiger partial charge in [-0.25, -0.2) is 0 Å². The largest absolute Gasteiger partial charge is 0.139 e. The average Bonchev–Trinajstić information content (AvgIpc) is 0.811. The lowest BCUT2D eigenvalue weighted by Crippen LogP contribution is -1.50. The van der Waals surface area contributed by atoms with E-state index in [1.54, 1.807) is 0 Å². The molecule has 0 fully saturated rings. The number of rotatable bonds is 0. The second kappa shape index (κ2) is 2.72. The maximum atomic E-state index is 5.18. The van der Waals surface area contributed by atoms with Gasteiger partial charge >= 0.3 is 0 Å². The molecule has 0 amide bonds. The summed E-state index contributed by atoms with van der Waals surface area (Å²) >= 11 is 10.2. The molecule has 0 heterocycles. The van der Waals surface area contributed by atoms with Gasteiger partial charge in [-0.3, -0.25) is 0 Å². The summed E-state index contributed by atoms with van der Waals surface area (Å²) in [6.45, 7) is 0. The second-order valence-electron chi connectivity index (χ2n) is 0.247. The molecule has 0 N–H and O–H groups in total. The minimum absolute atomic E-state index is 0.0881. The Morgan fingerprint density at radius 1 is 2.00 bits per heavy atom. The van der Waals surface area contributed by atoms with Crippen molar-refractivity contribution in [1.82, 2.24) is 0 Å². The summed E-state index contributed by atoms with van der Waals surface area (Å²) in [4.78, 5) is 0. The molecule has 0 nitrogen and oxygen atoms in total. The van der Waals surface area contributed by atoms with Crippen molar-refractivity contribution >= 4 is 50.1 Å². The lowest BCUT2D eigenvalue weighted by Gasteiger charge is -1.70. The highest BCUT2D eigenvalue weighted by Crippen LogP contribution is 2.11. The van der Waals surface area contributed by atoms with Crippen molar-refractivity contribution < 1.29 is 0 Å². The van der Waals surface area contributed by atoms with Gasteiger partial charge in [0.05, 0.1) is 0 Å². The van der Waals surface area contributed by atoms with Crippen LogP contribution in [0.2, 0.25) is 0 Å². The summed E-state index contributed by atoms with van der Waals surface area (Å²) in [6, 6.07) is 0. The third-order valence-electron chi connectivity index (χ3n) is 0. The molecule has 1 atom stereocenters. The van der Waals surface area contributed by atoms with Crippen LogP contribution in [0.5, 0.6) is 0 Å². The third-order valence-corrected chi connectivity index (χ3v) is 0. The molecule has 4 heavy (non-hydrogen) atoms. The van der Waals surface area contributed by atoms with Crippen LogP contribution in [0.4, 0.5) is 0 Å². The summed E-state index contributed by atoms with van der Waals surface area (Å²) in [6.07, 6.45) is 0. The van der Waals surface area contributed by atoms with Crippen LogP contribution in [-0.2, 0) is 0 Å². The predicted octanol–water partition coefficient (Wildman–Crippen LogP) is 2.34. The quantitative estimate of drug-likeness (QED) is 0.460. The Labute approximate surface area is 52.2 Å². The molecule has 0 aliphatic rings. The van der Waals surface area contributed by atoms with Crippen LogP contribution < -0.4 is 0 Å². The summed E-state index contributed by atoms with van der Waals surface area (Å²) in [5.41, 5.74) is 0. The molecule has 0 rings (SSSR count). The number of hydrogen-bond donors (Lipinski definition) is 0.